The van der Waals surface area contributed by atoms with Gasteiger partial charge in [0.05, 0.1) is 10.7 Å². The summed E-state index contributed by atoms with van der Waals surface area (Å²) in [7, 11) is 0. The number of hydrogen-bond donors (Lipinski definition) is 1. The van der Waals surface area contributed by atoms with E-state index in [9.17, 15) is 4.39 Å². The van der Waals surface area contributed by atoms with Crippen molar-refractivity contribution >= 4 is 28.9 Å². The molecule has 1 nitrogen and oxygen atoms in total. The quantitative estimate of drug-likeness (QED) is 0.849. The molecule has 2 aromatic rings. The van der Waals surface area contributed by atoms with Crippen LogP contribution in [-0.2, 0) is 6.54 Å². The largest absolute Gasteiger partial charge is 0.380 e. The van der Waals surface area contributed by atoms with Gasteiger partial charge in [-0.2, -0.15) is 0 Å². The number of rotatable bonds is 3. The van der Waals surface area contributed by atoms with Crippen molar-refractivity contribution in [1.82, 2.24) is 0 Å². The molecule has 0 fully saturated rings. The van der Waals surface area contributed by atoms with E-state index in [2.05, 4.69) is 5.32 Å². The van der Waals surface area contributed by atoms with E-state index in [0.717, 1.165) is 5.56 Å². The van der Waals surface area contributed by atoms with Gasteiger partial charge in [-0.05, 0) is 35.9 Å². The molecule has 0 saturated carbocycles. The number of nitrogens with one attached hydrogen (secondary N) is 1. The summed E-state index contributed by atoms with van der Waals surface area (Å²) in [5.74, 6) is -0.341. The van der Waals surface area contributed by atoms with E-state index in [-0.39, 0.29) is 5.82 Å². The minimum absolute atomic E-state index is 0.341. The van der Waals surface area contributed by atoms with E-state index < -0.39 is 0 Å². The van der Waals surface area contributed by atoms with Gasteiger partial charge in [-0.25, -0.2) is 4.39 Å². The Morgan fingerprint density at radius 1 is 1.00 bits per heavy atom. The maximum Gasteiger partial charge on any atom is 0.124 e. The molecule has 0 atom stereocenters. The molecule has 0 aliphatic carbocycles. The summed E-state index contributed by atoms with van der Waals surface area (Å²) < 4.78 is 12.8. The summed E-state index contributed by atoms with van der Waals surface area (Å²) in [6, 6.07) is 11.8. The van der Waals surface area contributed by atoms with Crippen LogP contribution in [0.15, 0.2) is 42.5 Å². The SMILES string of the molecule is Fc1ccc(NCc2ccc(Cl)cc2)c(Cl)c1. The van der Waals surface area contributed by atoms with Gasteiger partial charge >= 0.3 is 0 Å². The third-order valence-corrected chi connectivity index (χ3v) is 2.89. The fraction of sp³-hybridized carbons (Fsp3) is 0.0769. The summed E-state index contributed by atoms with van der Waals surface area (Å²) in [6.07, 6.45) is 0. The summed E-state index contributed by atoms with van der Waals surface area (Å²) >= 11 is 11.7. The van der Waals surface area contributed by atoms with Crippen molar-refractivity contribution in [2.75, 3.05) is 5.32 Å². The van der Waals surface area contributed by atoms with Crippen LogP contribution in [0.4, 0.5) is 10.1 Å². The van der Waals surface area contributed by atoms with Crippen LogP contribution < -0.4 is 5.32 Å². The zero-order chi connectivity index (χ0) is 12.3. The number of anilines is 1. The molecule has 0 aliphatic rings. The molecule has 2 rings (SSSR count). The van der Waals surface area contributed by atoms with Crippen molar-refractivity contribution in [1.29, 1.82) is 0 Å². The highest BCUT2D eigenvalue weighted by Crippen LogP contribution is 2.23. The normalized spacial score (nSPS) is 10.3. The van der Waals surface area contributed by atoms with E-state index >= 15 is 0 Å². The summed E-state index contributed by atoms with van der Waals surface area (Å²) in [5.41, 5.74) is 1.79. The zero-order valence-electron chi connectivity index (χ0n) is 8.88. The van der Waals surface area contributed by atoms with Crippen molar-refractivity contribution in [2.24, 2.45) is 0 Å². The monoisotopic (exact) mass is 269 g/mol. The van der Waals surface area contributed by atoms with E-state index in [4.69, 9.17) is 23.2 Å². The molecule has 0 saturated heterocycles. The smallest absolute Gasteiger partial charge is 0.124 e. The fourth-order valence-corrected chi connectivity index (χ4v) is 1.79. The highest BCUT2D eigenvalue weighted by Gasteiger charge is 2.01. The van der Waals surface area contributed by atoms with Crippen LogP contribution in [0.3, 0.4) is 0 Å². The molecule has 0 radical (unpaired) electrons. The maximum absolute atomic E-state index is 12.8. The van der Waals surface area contributed by atoms with Gasteiger partial charge in [-0.15, -0.1) is 0 Å². The van der Waals surface area contributed by atoms with Gasteiger partial charge in [0.15, 0.2) is 0 Å². The average Bonchev–Trinajstić information content (AvgIpc) is 2.30. The predicted molar refractivity (Wildman–Crippen MR) is 70.2 cm³/mol. The molecule has 0 unspecified atom stereocenters. The summed E-state index contributed by atoms with van der Waals surface area (Å²) in [6.45, 7) is 0.614. The second-order valence-electron chi connectivity index (χ2n) is 3.60. The van der Waals surface area contributed by atoms with Crippen molar-refractivity contribution in [2.45, 2.75) is 6.54 Å². The molecule has 1 N–H and O–H groups in total. The van der Waals surface area contributed by atoms with Crippen LogP contribution in [0, 0.1) is 5.82 Å². The first kappa shape index (κ1) is 12.2. The second-order valence-corrected chi connectivity index (χ2v) is 4.45. The standard InChI is InChI=1S/C13H10Cl2FN/c14-10-3-1-9(2-4-10)8-17-13-6-5-11(16)7-12(13)15/h1-7,17H,8H2. The van der Waals surface area contributed by atoms with Crippen LogP contribution in [0.2, 0.25) is 10.0 Å². The van der Waals surface area contributed by atoms with Gasteiger partial charge in [0.2, 0.25) is 0 Å². The van der Waals surface area contributed by atoms with E-state index in [1.54, 1.807) is 6.07 Å². The molecule has 0 amide bonds. The first-order valence-electron chi connectivity index (χ1n) is 5.08. The van der Waals surface area contributed by atoms with E-state index in [0.29, 0.717) is 22.3 Å². The predicted octanol–water partition coefficient (Wildman–Crippen LogP) is 4.74. The minimum Gasteiger partial charge on any atom is -0.380 e. The van der Waals surface area contributed by atoms with Gasteiger partial charge in [0.25, 0.3) is 0 Å². The van der Waals surface area contributed by atoms with Gasteiger partial charge in [0, 0.05) is 11.6 Å². The maximum atomic E-state index is 12.8. The van der Waals surface area contributed by atoms with Crippen molar-refractivity contribution in [3.8, 4) is 0 Å². The average molecular weight is 270 g/mol. The number of hydrogen-bond acceptors (Lipinski definition) is 1. The fourth-order valence-electron chi connectivity index (χ4n) is 1.43. The molecule has 0 bridgehead atoms. The summed E-state index contributed by atoms with van der Waals surface area (Å²) in [5, 5.41) is 4.21. The molecular weight excluding hydrogens is 260 g/mol. The van der Waals surface area contributed by atoms with Crippen LogP contribution in [0.1, 0.15) is 5.56 Å². The Balaban J connectivity index is 2.04. The highest BCUT2D eigenvalue weighted by atomic mass is 35.5. The van der Waals surface area contributed by atoms with E-state index in [1.165, 1.54) is 12.1 Å². The molecule has 88 valence electrons. The molecule has 0 aliphatic heterocycles. The lowest BCUT2D eigenvalue weighted by Gasteiger charge is -2.08. The Labute approximate surface area is 109 Å². The molecule has 2 aromatic carbocycles. The Kier molecular flexibility index (Phi) is 3.87. The molecular formula is C13H10Cl2FN. The van der Waals surface area contributed by atoms with Gasteiger partial charge in [0.1, 0.15) is 5.82 Å². The van der Waals surface area contributed by atoms with Crippen molar-refractivity contribution in [3.63, 3.8) is 0 Å². The second kappa shape index (κ2) is 5.39. The molecule has 17 heavy (non-hydrogen) atoms. The minimum atomic E-state index is -0.341. The first-order chi connectivity index (χ1) is 8.15. The third kappa shape index (κ3) is 3.35. The Morgan fingerprint density at radius 2 is 1.71 bits per heavy atom. The number of benzene rings is 2. The topological polar surface area (TPSA) is 12.0 Å². The van der Waals surface area contributed by atoms with Crippen LogP contribution >= 0.6 is 23.2 Å². The molecule has 4 heteroatoms. The molecule has 0 heterocycles. The Morgan fingerprint density at radius 3 is 2.35 bits per heavy atom. The first-order valence-corrected chi connectivity index (χ1v) is 5.84. The van der Waals surface area contributed by atoms with Crippen LogP contribution in [0.25, 0.3) is 0 Å². The van der Waals surface area contributed by atoms with Gasteiger partial charge in [-0.1, -0.05) is 35.3 Å². The third-order valence-electron chi connectivity index (χ3n) is 2.33. The molecule has 0 spiro atoms. The lowest BCUT2D eigenvalue weighted by molar-refractivity contribution is 0.628. The highest BCUT2D eigenvalue weighted by molar-refractivity contribution is 6.33. The van der Waals surface area contributed by atoms with Crippen molar-refractivity contribution in [3.05, 3.63) is 63.9 Å². The van der Waals surface area contributed by atoms with Crippen molar-refractivity contribution < 1.29 is 4.39 Å². The lowest BCUT2D eigenvalue weighted by atomic mass is 10.2. The summed E-state index contributed by atoms with van der Waals surface area (Å²) in [4.78, 5) is 0. The van der Waals surface area contributed by atoms with Crippen LogP contribution in [-0.4, -0.2) is 0 Å². The van der Waals surface area contributed by atoms with Gasteiger partial charge in [-0.3, -0.25) is 0 Å². The lowest BCUT2D eigenvalue weighted by Crippen LogP contribution is -1.99. The number of halogens is 3. The molecule has 0 aromatic heterocycles. The zero-order valence-corrected chi connectivity index (χ0v) is 10.4. The van der Waals surface area contributed by atoms with E-state index in [1.807, 2.05) is 24.3 Å². The van der Waals surface area contributed by atoms with Gasteiger partial charge < -0.3 is 5.32 Å². The van der Waals surface area contributed by atoms with Crippen LogP contribution in [0.5, 0.6) is 0 Å². The Hall–Kier alpha value is -1.25. The Bertz CT molecular complexity index is 511.